The molecule has 1 saturated heterocycles. The van der Waals surface area contributed by atoms with Crippen LogP contribution in [0.25, 0.3) is 0 Å². The van der Waals surface area contributed by atoms with E-state index in [2.05, 4.69) is 18.7 Å². The largest absolute Gasteiger partial charge is 0.369 e. The molecule has 1 aromatic carbocycles. The van der Waals surface area contributed by atoms with E-state index in [1.165, 1.54) is 12.5 Å². The van der Waals surface area contributed by atoms with Gasteiger partial charge in [0.1, 0.15) is 12.1 Å². The highest BCUT2D eigenvalue weighted by atomic mass is 19.1. The molecule has 17 heavy (non-hydrogen) atoms. The number of halogens is 1. The Morgan fingerprint density at radius 1 is 1.41 bits per heavy atom. The predicted octanol–water partition coefficient (Wildman–Crippen LogP) is 3.26. The maximum atomic E-state index is 13.9. The predicted molar refractivity (Wildman–Crippen MR) is 67.0 cm³/mol. The van der Waals surface area contributed by atoms with Crippen LogP contribution in [0.15, 0.2) is 18.2 Å². The van der Waals surface area contributed by atoms with Crippen molar-refractivity contribution in [3.05, 3.63) is 29.6 Å². The lowest BCUT2D eigenvalue weighted by atomic mass is 9.84. The van der Waals surface area contributed by atoms with Crippen LogP contribution in [0.1, 0.15) is 37.0 Å². The van der Waals surface area contributed by atoms with E-state index in [-0.39, 0.29) is 11.2 Å². The zero-order valence-electron chi connectivity index (χ0n) is 10.4. The SMILES string of the molecule is CC1(C)CCCN(c2ccc(C=O)cc2F)C1. The van der Waals surface area contributed by atoms with Crippen molar-refractivity contribution in [1.29, 1.82) is 0 Å². The summed E-state index contributed by atoms with van der Waals surface area (Å²) in [5, 5.41) is 0. The first kappa shape index (κ1) is 12.1. The van der Waals surface area contributed by atoms with Crippen molar-refractivity contribution >= 4 is 12.0 Å². The zero-order chi connectivity index (χ0) is 12.5. The molecule has 0 N–H and O–H groups in total. The Bertz CT molecular complexity index is 428. The summed E-state index contributed by atoms with van der Waals surface area (Å²) in [4.78, 5) is 12.6. The van der Waals surface area contributed by atoms with Gasteiger partial charge in [0.15, 0.2) is 0 Å². The van der Waals surface area contributed by atoms with Crippen molar-refractivity contribution in [2.75, 3.05) is 18.0 Å². The van der Waals surface area contributed by atoms with Gasteiger partial charge in [-0.1, -0.05) is 13.8 Å². The van der Waals surface area contributed by atoms with Crippen molar-refractivity contribution in [3.8, 4) is 0 Å². The lowest BCUT2D eigenvalue weighted by molar-refractivity contribution is 0.112. The number of anilines is 1. The molecule has 0 radical (unpaired) electrons. The van der Waals surface area contributed by atoms with Crippen LogP contribution in [-0.2, 0) is 0 Å². The molecular weight excluding hydrogens is 217 g/mol. The monoisotopic (exact) mass is 235 g/mol. The molecule has 0 bridgehead atoms. The lowest BCUT2D eigenvalue weighted by Gasteiger charge is -2.39. The third-order valence-electron chi connectivity index (χ3n) is 3.35. The van der Waals surface area contributed by atoms with E-state index < -0.39 is 0 Å². The van der Waals surface area contributed by atoms with Gasteiger partial charge in [-0.2, -0.15) is 0 Å². The van der Waals surface area contributed by atoms with Crippen LogP contribution in [0.4, 0.5) is 10.1 Å². The summed E-state index contributed by atoms with van der Waals surface area (Å²) in [6, 6.07) is 4.69. The van der Waals surface area contributed by atoms with Crippen molar-refractivity contribution in [1.82, 2.24) is 0 Å². The summed E-state index contributed by atoms with van der Waals surface area (Å²) in [5.41, 5.74) is 1.24. The fourth-order valence-electron chi connectivity index (χ4n) is 2.48. The first-order valence-electron chi connectivity index (χ1n) is 6.01. The summed E-state index contributed by atoms with van der Waals surface area (Å²) in [6.45, 7) is 6.17. The maximum Gasteiger partial charge on any atom is 0.150 e. The fourth-order valence-corrected chi connectivity index (χ4v) is 2.48. The summed E-state index contributed by atoms with van der Waals surface area (Å²) in [7, 11) is 0. The molecule has 1 heterocycles. The summed E-state index contributed by atoms with van der Waals surface area (Å²) < 4.78 is 13.9. The minimum atomic E-state index is -0.299. The molecule has 2 nitrogen and oxygen atoms in total. The molecule has 1 aliphatic rings. The molecule has 0 aliphatic carbocycles. The number of aldehydes is 1. The van der Waals surface area contributed by atoms with Crippen molar-refractivity contribution in [2.24, 2.45) is 5.41 Å². The molecule has 2 rings (SSSR count). The van der Waals surface area contributed by atoms with E-state index in [0.29, 0.717) is 17.5 Å². The quantitative estimate of drug-likeness (QED) is 0.733. The van der Waals surface area contributed by atoms with Gasteiger partial charge in [0.2, 0.25) is 0 Å². The Balaban J connectivity index is 2.25. The summed E-state index contributed by atoms with van der Waals surface area (Å²) in [5.74, 6) is -0.299. The minimum absolute atomic E-state index is 0.230. The summed E-state index contributed by atoms with van der Waals surface area (Å²) in [6.07, 6.45) is 2.94. The highest BCUT2D eigenvalue weighted by molar-refractivity contribution is 5.76. The second-order valence-corrected chi connectivity index (χ2v) is 5.52. The molecule has 0 saturated carbocycles. The number of carbonyl (C=O) groups is 1. The van der Waals surface area contributed by atoms with Crippen LogP contribution >= 0.6 is 0 Å². The van der Waals surface area contributed by atoms with Crippen LogP contribution in [0.3, 0.4) is 0 Å². The van der Waals surface area contributed by atoms with Gasteiger partial charge < -0.3 is 4.90 Å². The number of benzene rings is 1. The smallest absolute Gasteiger partial charge is 0.150 e. The molecule has 0 spiro atoms. The molecule has 1 aliphatic heterocycles. The van der Waals surface area contributed by atoms with E-state index in [1.807, 2.05) is 0 Å². The Morgan fingerprint density at radius 2 is 2.18 bits per heavy atom. The number of piperidine rings is 1. The van der Waals surface area contributed by atoms with E-state index in [9.17, 15) is 9.18 Å². The molecule has 92 valence electrons. The molecule has 0 unspecified atom stereocenters. The number of rotatable bonds is 2. The highest BCUT2D eigenvalue weighted by Gasteiger charge is 2.27. The van der Waals surface area contributed by atoms with E-state index in [0.717, 1.165) is 19.5 Å². The van der Waals surface area contributed by atoms with Gasteiger partial charge in [0.05, 0.1) is 5.69 Å². The maximum absolute atomic E-state index is 13.9. The van der Waals surface area contributed by atoms with E-state index >= 15 is 0 Å². The topological polar surface area (TPSA) is 20.3 Å². The van der Waals surface area contributed by atoms with Crippen molar-refractivity contribution in [2.45, 2.75) is 26.7 Å². The fraction of sp³-hybridized carbons (Fsp3) is 0.500. The van der Waals surface area contributed by atoms with Crippen LogP contribution in [0, 0.1) is 11.2 Å². The Labute approximate surface area is 101 Å². The van der Waals surface area contributed by atoms with Gasteiger partial charge in [-0.25, -0.2) is 4.39 Å². The third-order valence-corrected chi connectivity index (χ3v) is 3.35. The molecular formula is C14H18FNO. The first-order chi connectivity index (χ1) is 8.02. The number of carbonyl (C=O) groups excluding carboxylic acids is 1. The Hall–Kier alpha value is -1.38. The molecule has 1 aromatic rings. The van der Waals surface area contributed by atoms with Gasteiger partial charge in [0, 0.05) is 18.7 Å². The van der Waals surface area contributed by atoms with Gasteiger partial charge in [0.25, 0.3) is 0 Å². The lowest BCUT2D eigenvalue weighted by Crippen LogP contribution is -2.40. The average molecular weight is 235 g/mol. The van der Waals surface area contributed by atoms with Crippen LogP contribution in [0.2, 0.25) is 0 Å². The van der Waals surface area contributed by atoms with Crippen molar-refractivity contribution in [3.63, 3.8) is 0 Å². The standard InChI is InChI=1S/C14H18FNO/c1-14(2)6-3-7-16(10-14)13-5-4-11(9-17)8-12(13)15/h4-5,8-9H,3,6-7,10H2,1-2H3. The second-order valence-electron chi connectivity index (χ2n) is 5.52. The average Bonchev–Trinajstić information content (AvgIpc) is 2.27. The Kier molecular flexibility index (Phi) is 3.18. The number of hydrogen-bond donors (Lipinski definition) is 0. The number of nitrogens with zero attached hydrogens (tertiary/aromatic N) is 1. The van der Waals surface area contributed by atoms with Crippen LogP contribution in [-0.4, -0.2) is 19.4 Å². The van der Waals surface area contributed by atoms with Gasteiger partial charge in [-0.3, -0.25) is 4.79 Å². The summed E-state index contributed by atoms with van der Waals surface area (Å²) >= 11 is 0. The van der Waals surface area contributed by atoms with Crippen LogP contribution < -0.4 is 4.90 Å². The van der Waals surface area contributed by atoms with Crippen LogP contribution in [0.5, 0.6) is 0 Å². The Morgan fingerprint density at radius 3 is 2.76 bits per heavy atom. The van der Waals surface area contributed by atoms with Gasteiger partial charge in [-0.05, 0) is 36.5 Å². The minimum Gasteiger partial charge on any atom is -0.369 e. The van der Waals surface area contributed by atoms with Gasteiger partial charge >= 0.3 is 0 Å². The molecule has 0 aromatic heterocycles. The van der Waals surface area contributed by atoms with Crippen molar-refractivity contribution < 1.29 is 9.18 Å². The number of hydrogen-bond acceptors (Lipinski definition) is 2. The zero-order valence-corrected chi connectivity index (χ0v) is 10.4. The molecule has 0 atom stereocenters. The van der Waals surface area contributed by atoms with E-state index in [1.54, 1.807) is 12.1 Å². The molecule has 0 amide bonds. The first-order valence-corrected chi connectivity index (χ1v) is 6.01. The third kappa shape index (κ3) is 2.65. The normalized spacial score (nSPS) is 19.1. The molecule has 1 fully saturated rings. The van der Waals surface area contributed by atoms with Gasteiger partial charge in [-0.15, -0.1) is 0 Å². The highest BCUT2D eigenvalue weighted by Crippen LogP contribution is 2.32. The molecule has 3 heteroatoms. The second kappa shape index (κ2) is 4.47. The van der Waals surface area contributed by atoms with E-state index in [4.69, 9.17) is 0 Å².